The third-order valence-electron chi connectivity index (χ3n) is 2.43. The van der Waals surface area contributed by atoms with E-state index in [4.69, 9.17) is 5.11 Å². The molecule has 0 aromatic carbocycles. The van der Waals surface area contributed by atoms with E-state index in [1.165, 1.54) is 4.52 Å². The van der Waals surface area contributed by atoms with Crippen LogP contribution in [0.2, 0.25) is 0 Å². The second-order valence-electron chi connectivity index (χ2n) is 3.59. The highest BCUT2D eigenvalue weighted by atomic mass is 16.4. The van der Waals surface area contributed by atoms with Gasteiger partial charge in [0.05, 0.1) is 0 Å². The summed E-state index contributed by atoms with van der Waals surface area (Å²) in [6.45, 7) is 3.57. The highest BCUT2D eigenvalue weighted by molar-refractivity contribution is 5.74. The molecule has 0 saturated heterocycles. The average Bonchev–Trinajstić information content (AvgIpc) is 2.69. The van der Waals surface area contributed by atoms with Gasteiger partial charge in [-0.2, -0.15) is 4.98 Å². The Kier molecular flexibility index (Phi) is 2.55. The van der Waals surface area contributed by atoms with Crippen molar-refractivity contribution in [3.05, 3.63) is 23.8 Å². The van der Waals surface area contributed by atoms with Crippen molar-refractivity contribution in [2.75, 3.05) is 0 Å². The van der Waals surface area contributed by atoms with Crippen LogP contribution in [0.1, 0.15) is 31.2 Å². The lowest BCUT2D eigenvalue weighted by Crippen LogP contribution is -2.09. The van der Waals surface area contributed by atoms with Crippen molar-refractivity contribution in [2.24, 2.45) is 0 Å². The summed E-state index contributed by atoms with van der Waals surface area (Å²) in [6.07, 6.45) is 4.39. The molecule has 84 valence electrons. The summed E-state index contributed by atoms with van der Waals surface area (Å²) >= 11 is 0. The molecular formula is C10H12N4O2. The quantitative estimate of drug-likeness (QED) is 0.830. The summed E-state index contributed by atoms with van der Waals surface area (Å²) < 4.78 is 1.52. The van der Waals surface area contributed by atoms with E-state index in [-0.39, 0.29) is 5.82 Å². The maximum Gasteiger partial charge on any atom is 0.314 e. The number of aliphatic carboxylic acids is 1. The van der Waals surface area contributed by atoms with Gasteiger partial charge in [-0.15, -0.1) is 5.10 Å². The van der Waals surface area contributed by atoms with E-state index in [2.05, 4.69) is 15.1 Å². The molecule has 0 aliphatic carbocycles. The lowest BCUT2D eigenvalue weighted by molar-refractivity contribution is -0.138. The van der Waals surface area contributed by atoms with Crippen LogP contribution in [0.25, 0.3) is 5.78 Å². The van der Waals surface area contributed by atoms with Crippen LogP contribution in [0.3, 0.4) is 0 Å². The maximum atomic E-state index is 10.8. The molecule has 6 nitrogen and oxygen atoms in total. The number of carboxylic acid groups (broad SMARTS) is 1. The van der Waals surface area contributed by atoms with Crippen molar-refractivity contribution in [3.8, 4) is 0 Å². The Morgan fingerprint density at radius 3 is 3.00 bits per heavy atom. The Hall–Kier alpha value is -1.98. The van der Waals surface area contributed by atoms with Gasteiger partial charge in [-0.05, 0) is 18.9 Å². The number of nitrogens with zero attached hydrogens (tertiary/aromatic N) is 4. The molecule has 0 spiro atoms. The zero-order chi connectivity index (χ0) is 11.7. The lowest BCUT2D eigenvalue weighted by Gasteiger charge is -1.97. The van der Waals surface area contributed by atoms with Crippen LogP contribution in [-0.2, 0) is 11.2 Å². The summed E-state index contributed by atoms with van der Waals surface area (Å²) in [7, 11) is 0. The first kappa shape index (κ1) is 10.5. The van der Waals surface area contributed by atoms with E-state index in [1.807, 2.05) is 13.1 Å². The van der Waals surface area contributed by atoms with E-state index in [0.717, 1.165) is 12.0 Å². The van der Waals surface area contributed by atoms with Gasteiger partial charge in [0, 0.05) is 12.4 Å². The van der Waals surface area contributed by atoms with Gasteiger partial charge in [-0.1, -0.05) is 6.92 Å². The maximum absolute atomic E-state index is 10.8. The first-order chi connectivity index (χ1) is 7.61. The van der Waals surface area contributed by atoms with Gasteiger partial charge in [-0.3, -0.25) is 4.79 Å². The number of fused-ring (bicyclic) bond motifs is 1. The first-order valence-electron chi connectivity index (χ1n) is 5.05. The Labute approximate surface area is 92.0 Å². The molecule has 1 unspecified atom stereocenters. The van der Waals surface area contributed by atoms with Crippen molar-refractivity contribution >= 4 is 11.7 Å². The van der Waals surface area contributed by atoms with Gasteiger partial charge < -0.3 is 5.11 Å². The fourth-order valence-corrected chi connectivity index (χ4v) is 1.31. The van der Waals surface area contributed by atoms with Gasteiger partial charge in [0.1, 0.15) is 5.92 Å². The number of rotatable bonds is 3. The zero-order valence-corrected chi connectivity index (χ0v) is 9.08. The summed E-state index contributed by atoms with van der Waals surface area (Å²) in [5, 5.41) is 13.0. The number of carboxylic acids is 1. The molecular weight excluding hydrogens is 208 g/mol. The van der Waals surface area contributed by atoms with E-state index >= 15 is 0 Å². The standard InChI is InChI=1S/C10H12N4O2/c1-3-7-4-11-10-12-8(6(2)9(15)16)13-14(10)5-7/h4-6H,3H2,1-2H3,(H,15,16). The number of hydrogen-bond acceptors (Lipinski definition) is 4. The number of aryl methyl sites for hydroxylation is 1. The normalized spacial score (nSPS) is 12.9. The van der Waals surface area contributed by atoms with E-state index in [1.54, 1.807) is 13.1 Å². The highest BCUT2D eigenvalue weighted by Crippen LogP contribution is 2.11. The molecule has 1 atom stereocenters. The van der Waals surface area contributed by atoms with Crippen molar-refractivity contribution < 1.29 is 9.90 Å². The minimum atomic E-state index is -0.938. The molecule has 6 heteroatoms. The predicted octanol–water partition coefficient (Wildman–Crippen LogP) is 0.875. The van der Waals surface area contributed by atoms with Crippen molar-refractivity contribution in [1.29, 1.82) is 0 Å². The molecule has 1 N–H and O–H groups in total. The van der Waals surface area contributed by atoms with E-state index in [9.17, 15) is 4.79 Å². The van der Waals surface area contributed by atoms with Crippen LogP contribution < -0.4 is 0 Å². The van der Waals surface area contributed by atoms with Gasteiger partial charge in [0.25, 0.3) is 5.78 Å². The molecule has 0 aliphatic rings. The Bertz CT molecular complexity index is 535. The second kappa shape index (κ2) is 3.88. The molecule has 0 radical (unpaired) electrons. The minimum Gasteiger partial charge on any atom is -0.481 e. The monoisotopic (exact) mass is 220 g/mol. The number of hydrogen-bond donors (Lipinski definition) is 1. The van der Waals surface area contributed by atoms with Crippen molar-refractivity contribution in [2.45, 2.75) is 26.2 Å². The largest absolute Gasteiger partial charge is 0.481 e. The molecule has 0 amide bonds. The molecule has 2 aromatic rings. The SMILES string of the molecule is CCc1cnc2nc(C(C)C(=O)O)nn2c1. The van der Waals surface area contributed by atoms with Gasteiger partial charge >= 0.3 is 5.97 Å². The molecule has 0 fully saturated rings. The Balaban J connectivity index is 2.47. The summed E-state index contributed by atoms with van der Waals surface area (Å²) in [6, 6.07) is 0. The topological polar surface area (TPSA) is 80.4 Å². The van der Waals surface area contributed by atoms with Gasteiger partial charge in [-0.25, -0.2) is 9.50 Å². The third kappa shape index (κ3) is 1.73. The van der Waals surface area contributed by atoms with Crippen molar-refractivity contribution in [3.63, 3.8) is 0 Å². The molecule has 0 aliphatic heterocycles. The molecule has 2 aromatic heterocycles. The number of carbonyl (C=O) groups is 1. The number of aromatic nitrogens is 4. The fourth-order valence-electron chi connectivity index (χ4n) is 1.31. The van der Waals surface area contributed by atoms with Crippen molar-refractivity contribution in [1.82, 2.24) is 19.6 Å². The summed E-state index contributed by atoms with van der Waals surface area (Å²) in [5.41, 5.74) is 1.03. The Morgan fingerprint density at radius 1 is 1.62 bits per heavy atom. The van der Waals surface area contributed by atoms with Gasteiger partial charge in [0.2, 0.25) is 0 Å². The summed E-state index contributed by atoms with van der Waals surface area (Å²) in [5.74, 6) is -0.938. The third-order valence-corrected chi connectivity index (χ3v) is 2.43. The fraction of sp³-hybridized carbons (Fsp3) is 0.400. The average molecular weight is 220 g/mol. The smallest absolute Gasteiger partial charge is 0.314 e. The summed E-state index contributed by atoms with van der Waals surface area (Å²) in [4.78, 5) is 19.0. The van der Waals surface area contributed by atoms with Crippen LogP contribution in [0.15, 0.2) is 12.4 Å². The van der Waals surface area contributed by atoms with Crippen LogP contribution in [-0.4, -0.2) is 30.7 Å². The molecule has 16 heavy (non-hydrogen) atoms. The molecule has 2 heterocycles. The first-order valence-corrected chi connectivity index (χ1v) is 5.05. The van der Waals surface area contributed by atoms with Crippen LogP contribution in [0.4, 0.5) is 0 Å². The lowest BCUT2D eigenvalue weighted by atomic mass is 10.2. The van der Waals surface area contributed by atoms with E-state index in [0.29, 0.717) is 5.78 Å². The van der Waals surface area contributed by atoms with Gasteiger partial charge in [0.15, 0.2) is 5.82 Å². The molecule has 2 rings (SSSR count). The molecule has 0 saturated carbocycles. The van der Waals surface area contributed by atoms with Crippen LogP contribution in [0.5, 0.6) is 0 Å². The second-order valence-corrected chi connectivity index (χ2v) is 3.59. The minimum absolute atomic E-state index is 0.285. The van der Waals surface area contributed by atoms with E-state index < -0.39 is 11.9 Å². The Morgan fingerprint density at radius 2 is 2.38 bits per heavy atom. The molecule has 0 bridgehead atoms. The van der Waals surface area contributed by atoms with Crippen LogP contribution in [0, 0.1) is 0 Å². The zero-order valence-electron chi connectivity index (χ0n) is 9.08. The van der Waals surface area contributed by atoms with Crippen LogP contribution >= 0.6 is 0 Å². The highest BCUT2D eigenvalue weighted by Gasteiger charge is 2.19. The predicted molar refractivity (Wildman–Crippen MR) is 56.2 cm³/mol.